The first-order valence-electron chi connectivity index (χ1n) is 20.3. The van der Waals surface area contributed by atoms with Gasteiger partial charge in [0.15, 0.2) is 0 Å². The standard InChI is InChI=1S/C54H36N2.C2H6/c1-3-13-37(14-4-1)39-25-27-40(28-26-39)44-19-12-20-46(36-44)56-50-24-10-8-22-48(50)54-52(56)34-33-51-53(54)47-21-7-9-23-49(47)55(51)45-31-29-41(30-32-45)43-18-11-17-42(35-43)38-15-5-2-6-16-38;1-2/h1-36H;1-2H3. The fraction of sp³-hybridized carbons (Fsp3) is 0.0357. The molecule has 0 aliphatic carbocycles. The largest absolute Gasteiger partial charge is 0.309 e. The summed E-state index contributed by atoms with van der Waals surface area (Å²) in [6, 6.07) is 79.3. The number of rotatable bonds is 6. The van der Waals surface area contributed by atoms with E-state index in [-0.39, 0.29) is 0 Å². The van der Waals surface area contributed by atoms with Gasteiger partial charge in [-0.05, 0) is 99.1 Å². The zero-order valence-electron chi connectivity index (χ0n) is 32.7. The summed E-state index contributed by atoms with van der Waals surface area (Å²) in [6.45, 7) is 4.00. The topological polar surface area (TPSA) is 9.86 Å². The molecular weight excluding hydrogens is 701 g/mol. The molecule has 0 atom stereocenters. The van der Waals surface area contributed by atoms with Gasteiger partial charge in [-0.3, -0.25) is 0 Å². The quantitative estimate of drug-likeness (QED) is 0.161. The summed E-state index contributed by atoms with van der Waals surface area (Å²) in [5.74, 6) is 0. The fourth-order valence-corrected chi connectivity index (χ4v) is 8.70. The number of hydrogen-bond acceptors (Lipinski definition) is 0. The molecule has 2 heteroatoms. The average molecular weight is 743 g/mol. The van der Waals surface area contributed by atoms with Crippen LogP contribution in [0.25, 0.3) is 99.5 Å². The van der Waals surface area contributed by atoms with Crippen molar-refractivity contribution < 1.29 is 0 Å². The van der Waals surface area contributed by atoms with E-state index >= 15 is 0 Å². The minimum Gasteiger partial charge on any atom is -0.309 e. The van der Waals surface area contributed by atoms with Crippen LogP contribution in [0.1, 0.15) is 13.8 Å². The van der Waals surface area contributed by atoms with E-state index in [9.17, 15) is 0 Å². The van der Waals surface area contributed by atoms with Crippen LogP contribution in [0.5, 0.6) is 0 Å². The summed E-state index contributed by atoms with van der Waals surface area (Å²) in [4.78, 5) is 0. The Balaban J connectivity index is 0.00000201. The third kappa shape index (κ3) is 5.98. The van der Waals surface area contributed by atoms with Crippen LogP contribution in [0.3, 0.4) is 0 Å². The van der Waals surface area contributed by atoms with Gasteiger partial charge in [0.1, 0.15) is 0 Å². The molecule has 2 heterocycles. The highest BCUT2D eigenvalue weighted by atomic mass is 15.0. The summed E-state index contributed by atoms with van der Waals surface area (Å²) >= 11 is 0. The van der Waals surface area contributed by atoms with E-state index in [1.165, 1.54) is 88.1 Å². The van der Waals surface area contributed by atoms with E-state index < -0.39 is 0 Å². The monoisotopic (exact) mass is 742 g/mol. The van der Waals surface area contributed by atoms with Crippen LogP contribution in [0.15, 0.2) is 218 Å². The lowest BCUT2D eigenvalue weighted by molar-refractivity contribution is 1.17. The molecule has 0 fully saturated rings. The van der Waals surface area contributed by atoms with Crippen molar-refractivity contribution in [2.45, 2.75) is 13.8 Å². The normalized spacial score (nSPS) is 11.3. The molecule has 0 aliphatic heterocycles. The van der Waals surface area contributed by atoms with E-state index in [4.69, 9.17) is 0 Å². The molecule has 11 rings (SSSR count). The smallest absolute Gasteiger partial charge is 0.0548 e. The van der Waals surface area contributed by atoms with Gasteiger partial charge in [0.25, 0.3) is 0 Å². The molecule has 0 spiro atoms. The van der Waals surface area contributed by atoms with Crippen molar-refractivity contribution in [3.05, 3.63) is 218 Å². The first-order valence-corrected chi connectivity index (χ1v) is 20.3. The van der Waals surface area contributed by atoms with Crippen LogP contribution in [0.4, 0.5) is 0 Å². The summed E-state index contributed by atoms with van der Waals surface area (Å²) in [7, 11) is 0. The molecule has 2 nitrogen and oxygen atoms in total. The van der Waals surface area contributed by atoms with Crippen LogP contribution in [-0.4, -0.2) is 9.13 Å². The van der Waals surface area contributed by atoms with Crippen LogP contribution < -0.4 is 0 Å². The highest BCUT2D eigenvalue weighted by Crippen LogP contribution is 2.43. The minimum absolute atomic E-state index is 1.15. The molecule has 0 saturated heterocycles. The SMILES string of the molecule is CC.c1ccc(-c2ccc(-c3cccc(-n4c5ccccc5c5c6c7ccccc7n(-c7ccc(-c8cccc(-c9ccccc9)c8)cc7)c6ccc54)c3)cc2)cc1. The molecule has 0 bridgehead atoms. The van der Waals surface area contributed by atoms with Gasteiger partial charge >= 0.3 is 0 Å². The minimum atomic E-state index is 1.15. The maximum atomic E-state index is 2.44. The van der Waals surface area contributed by atoms with E-state index in [0.29, 0.717) is 0 Å². The molecule has 11 aromatic rings. The predicted octanol–water partition coefficient (Wildman–Crippen LogP) is 15.6. The van der Waals surface area contributed by atoms with Gasteiger partial charge in [-0.25, -0.2) is 0 Å². The Morgan fingerprint density at radius 2 is 0.603 bits per heavy atom. The third-order valence-electron chi connectivity index (χ3n) is 11.3. The Morgan fingerprint density at radius 3 is 1.14 bits per heavy atom. The van der Waals surface area contributed by atoms with Crippen molar-refractivity contribution >= 4 is 43.6 Å². The Kier molecular flexibility index (Phi) is 9.01. The van der Waals surface area contributed by atoms with Gasteiger partial charge < -0.3 is 9.13 Å². The van der Waals surface area contributed by atoms with Crippen molar-refractivity contribution in [1.29, 1.82) is 0 Å². The van der Waals surface area contributed by atoms with Crippen LogP contribution in [-0.2, 0) is 0 Å². The zero-order chi connectivity index (χ0) is 39.0. The fourth-order valence-electron chi connectivity index (χ4n) is 8.70. The van der Waals surface area contributed by atoms with Gasteiger partial charge in [0.2, 0.25) is 0 Å². The van der Waals surface area contributed by atoms with Gasteiger partial charge in [-0.1, -0.05) is 178 Å². The molecule has 0 unspecified atom stereocenters. The Hall–Kier alpha value is -7.42. The highest BCUT2D eigenvalue weighted by molar-refractivity contribution is 6.28. The lowest BCUT2D eigenvalue weighted by Gasteiger charge is -2.12. The van der Waals surface area contributed by atoms with Crippen molar-refractivity contribution in [1.82, 2.24) is 9.13 Å². The van der Waals surface area contributed by atoms with Gasteiger partial charge in [0.05, 0.1) is 22.1 Å². The third-order valence-corrected chi connectivity index (χ3v) is 11.3. The molecular formula is C56H42N2. The molecule has 58 heavy (non-hydrogen) atoms. The molecule has 276 valence electrons. The number of aromatic nitrogens is 2. The second kappa shape index (κ2) is 14.9. The Morgan fingerprint density at radius 1 is 0.241 bits per heavy atom. The summed E-state index contributed by atoms with van der Waals surface area (Å²) < 4.78 is 4.87. The number of para-hydroxylation sites is 2. The van der Waals surface area contributed by atoms with Crippen molar-refractivity contribution in [3.63, 3.8) is 0 Å². The predicted molar refractivity (Wildman–Crippen MR) is 248 cm³/mol. The Labute approximate surface area is 339 Å². The lowest BCUT2D eigenvalue weighted by atomic mass is 9.99. The average Bonchev–Trinajstić information content (AvgIpc) is 3.83. The van der Waals surface area contributed by atoms with Crippen molar-refractivity contribution in [2.24, 2.45) is 0 Å². The zero-order valence-corrected chi connectivity index (χ0v) is 32.7. The van der Waals surface area contributed by atoms with Gasteiger partial charge in [-0.2, -0.15) is 0 Å². The van der Waals surface area contributed by atoms with E-state index in [0.717, 1.165) is 11.4 Å². The van der Waals surface area contributed by atoms with Crippen molar-refractivity contribution in [2.75, 3.05) is 0 Å². The van der Waals surface area contributed by atoms with Crippen LogP contribution in [0, 0.1) is 0 Å². The molecule has 0 saturated carbocycles. The number of fused-ring (bicyclic) bond motifs is 7. The number of nitrogens with zero attached hydrogens (tertiary/aromatic N) is 2. The number of hydrogen-bond donors (Lipinski definition) is 0. The highest BCUT2D eigenvalue weighted by Gasteiger charge is 2.20. The van der Waals surface area contributed by atoms with E-state index in [1.54, 1.807) is 0 Å². The molecule has 0 N–H and O–H groups in total. The molecule has 0 aliphatic rings. The first-order chi connectivity index (χ1) is 28.8. The Bertz CT molecular complexity index is 3200. The summed E-state index contributed by atoms with van der Waals surface area (Å²) in [6.07, 6.45) is 0. The number of benzene rings is 9. The molecule has 0 amide bonds. The maximum absolute atomic E-state index is 2.44. The molecule has 9 aromatic carbocycles. The summed E-state index contributed by atoms with van der Waals surface area (Å²) in [5, 5.41) is 5.06. The van der Waals surface area contributed by atoms with Crippen LogP contribution in [0.2, 0.25) is 0 Å². The second-order valence-electron chi connectivity index (χ2n) is 14.5. The summed E-state index contributed by atoms with van der Waals surface area (Å²) in [5.41, 5.74) is 16.8. The molecule has 0 radical (unpaired) electrons. The first kappa shape index (κ1) is 35.0. The van der Waals surface area contributed by atoms with Gasteiger partial charge in [-0.15, -0.1) is 0 Å². The van der Waals surface area contributed by atoms with E-state index in [1.807, 2.05) is 13.8 Å². The van der Waals surface area contributed by atoms with Crippen molar-refractivity contribution in [3.8, 4) is 55.9 Å². The van der Waals surface area contributed by atoms with Gasteiger partial charge in [0, 0.05) is 32.9 Å². The van der Waals surface area contributed by atoms with E-state index in [2.05, 4.69) is 228 Å². The van der Waals surface area contributed by atoms with Crippen LogP contribution >= 0.6 is 0 Å². The maximum Gasteiger partial charge on any atom is 0.0548 e. The molecule has 2 aromatic heterocycles. The second-order valence-corrected chi connectivity index (χ2v) is 14.5. The lowest BCUT2D eigenvalue weighted by Crippen LogP contribution is -1.95.